The van der Waals surface area contributed by atoms with Crippen molar-refractivity contribution in [1.82, 2.24) is 5.32 Å². The Balaban J connectivity index is 1.64. The minimum absolute atomic E-state index is 0.102. The molecule has 3 rings (SSSR count). The molecule has 1 aromatic carbocycles. The second-order valence-corrected chi connectivity index (χ2v) is 5.12. The van der Waals surface area contributed by atoms with Crippen molar-refractivity contribution in [2.75, 3.05) is 18.0 Å². The number of anilines is 1. The zero-order valence-electron chi connectivity index (χ0n) is 12.0. The first-order chi connectivity index (χ1) is 10.2. The molecular formula is C17H18N2O2. The van der Waals surface area contributed by atoms with Gasteiger partial charge in [0.15, 0.2) is 0 Å². The summed E-state index contributed by atoms with van der Waals surface area (Å²) < 4.78 is 5.15. The van der Waals surface area contributed by atoms with Crippen molar-refractivity contribution >= 4 is 11.6 Å². The molecule has 4 heteroatoms. The number of benzene rings is 1. The van der Waals surface area contributed by atoms with Gasteiger partial charge in [0.1, 0.15) is 5.76 Å². The Kier molecular flexibility index (Phi) is 3.77. The highest BCUT2D eigenvalue weighted by molar-refractivity contribution is 5.94. The molecule has 2 heterocycles. The van der Waals surface area contributed by atoms with E-state index in [1.165, 1.54) is 12.0 Å². The molecule has 2 aromatic rings. The number of furan rings is 1. The van der Waals surface area contributed by atoms with Gasteiger partial charge in [-0.25, -0.2) is 0 Å². The number of hydrogen-bond acceptors (Lipinski definition) is 3. The van der Waals surface area contributed by atoms with Crippen molar-refractivity contribution in [3.63, 3.8) is 0 Å². The highest BCUT2D eigenvalue weighted by Gasteiger charge is 2.11. The number of amides is 1. The maximum Gasteiger partial charge on any atom is 0.255 e. The minimum atomic E-state index is -0.102. The van der Waals surface area contributed by atoms with E-state index in [9.17, 15) is 4.79 Å². The van der Waals surface area contributed by atoms with E-state index in [0.29, 0.717) is 17.9 Å². The van der Waals surface area contributed by atoms with Crippen LogP contribution in [0.3, 0.4) is 0 Å². The summed E-state index contributed by atoms with van der Waals surface area (Å²) in [5, 5.41) is 2.93. The topological polar surface area (TPSA) is 45.5 Å². The lowest BCUT2D eigenvalue weighted by Crippen LogP contribution is -2.23. The molecule has 1 N–H and O–H groups in total. The van der Waals surface area contributed by atoms with Crippen LogP contribution in [-0.4, -0.2) is 19.0 Å². The number of carbonyl (C=O) groups excluding carboxylic acids is 1. The number of aryl methyl sites for hydroxylation is 1. The number of nitrogens with zero attached hydrogens (tertiary/aromatic N) is 1. The molecule has 0 atom stereocenters. The first-order valence-electron chi connectivity index (χ1n) is 7.05. The van der Waals surface area contributed by atoms with Gasteiger partial charge in [-0.3, -0.25) is 4.79 Å². The molecule has 108 valence electrons. The molecule has 0 saturated carbocycles. The van der Waals surface area contributed by atoms with E-state index in [1.807, 2.05) is 12.1 Å². The van der Waals surface area contributed by atoms with Crippen LogP contribution in [0.5, 0.6) is 0 Å². The molecule has 1 aromatic heterocycles. The molecule has 0 spiro atoms. The smallest absolute Gasteiger partial charge is 0.255 e. The Hall–Kier alpha value is -2.49. The summed E-state index contributed by atoms with van der Waals surface area (Å²) in [4.78, 5) is 14.3. The molecule has 0 aliphatic carbocycles. The van der Waals surface area contributed by atoms with Crippen LogP contribution in [-0.2, 0) is 6.54 Å². The Morgan fingerprint density at radius 2 is 2.10 bits per heavy atom. The van der Waals surface area contributed by atoms with Crippen molar-refractivity contribution in [3.05, 3.63) is 65.6 Å². The van der Waals surface area contributed by atoms with Crippen molar-refractivity contribution in [2.24, 2.45) is 0 Å². The third-order valence-electron chi connectivity index (χ3n) is 3.65. The first-order valence-corrected chi connectivity index (χ1v) is 7.05. The normalized spacial score (nSPS) is 13.7. The van der Waals surface area contributed by atoms with E-state index >= 15 is 0 Å². The second-order valence-electron chi connectivity index (χ2n) is 5.12. The second kappa shape index (κ2) is 5.87. The molecule has 1 aliphatic rings. The van der Waals surface area contributed by atoms with Crippen LogP contribution in [0.15, 0.2) is 53.2 Å². The van der Waals surface area contributed by atoms with Gasteiger partial charge in [-0.2, -0.15) is 0 Å². The summed E-state index contributed by atoms with van der Waals surface area (Å²) in [6, 6.07) is 9.96. The summed E-state index contributed by atoms with van der Waals surface area (Å²) >= 11 is 0. The molecule has 21 heavy (non-hydrogen) atoms. The lowest BCUT2D eigenvalue weighted by molar-refractivity contribution is 0.0949. The molecule has 0 unspecified atom stereocenters. The third kappa shape index (κ3) is 2.99. The number of hydrogen-bond donors (Lipinski definition) is 1. The number of carbonyl (C=O) groups is 1. The highest BCUT2D eigenvalue weighted by Crippen LogP contribution is 2.18. The fourth-order valence-electron chi connectivity index (χ4n) is 2.45. The molecule has 0 saturated heterocycles. The quantitative estimate of drug-likeness (QED) is 0.877. The fourth-order valence-corrected chi connectivity index (χ4v) is 2.45. The van der Waals surface area contributed by atoms with Crippen molar-refractivity contribution in [1.29, 1.82) is 0 Å². The lowest BCUT2D eigenvalue weighted by atomic mass is 10.1. The zero-order chi connectivity index (χ0) is 14.7. The van der Waals surface area contributed by atoms with E-state index in [1.54, 1.807) is 13.0 Å². The van der Waals surface area contributed by atoms with Crippen LogP contribution in [0, 0.1) is 6.92 Å². The summed E-state index contributed by atoms with van der Waals surface area (Å²) in [7, 11) is 0. The van der Waals surface area contributed by atoms with Gasteiger partial charge in [0.2, 0.25) is 0 Å². The van der Waals surface area contributed by atoms with Crippen LogP contribution in [0.2, 0.25) is 0 Å². The van der Waals surface area contributed by atoms with Gasteiger partial charge in [0, 0.05) is 25.3 Å². The predicted octanol–water partition coefficient (Wildman–Crippen LogP) is 2.89. The van der Waals surface area contributed by atoms with Crippen LogP contribution in [0.25, 0.3) is 0 Å². The van der Waals surface area contributed by atoms with Gasteiger partial charge >= 0.3 is 0 Å². The highest BCUT2D eigenvalue weighted by atomic mass is 16.3. The molecule has 1 amide bonds. The average molecular weight is 282 g/mol. The fraction of sp³-hybridized carbons (Fsp3) is 0.235. The number of nitrogens with one attached hydrogen (secondary N) is 1. The van der Waals surface area contributed by atoms with E-state index in [-0.39, 0.29) is 5.91 Å². The van der Waals surface area contributed by atoms with Gasteiger partial charge in [0.25, 0.3) is 5.91 Å². The molecule has 1 aliphatic heterocycles. The Morgan fingerprint density at radius 3 is 2.81 bits per heavy atom. The Labute approximate surface area is 124 Å². The van der Waals surface area contributed by atoms with E-state index < -0.39 is 0 Å². The summed E-state index contributed by atoms with van der Waals surface area (Å²) in [5.74, 6) is 0.541. The minimum Gasteiger partial charge on any atom is -0.469 e. The average Bonchev–Trinajstić information content (AvgIpc) is 3.16. The SMILES string of the molecule is Cc1occc1C(=O)NCc1cccc(N2CC=CC2)c1. The van der Waals surface area contributed by atoms with Crippen LogP contribution in [0.4, 0.5) is 5.69 Å². The Bertz CT molecular complexity index is 665. The van der Waals surface area contributed by atoms with Gasteiger partial charge in [0.05, 0.1) is 11.8 Å². The van der Waals surface area contributed by atoms with Gasteiger partial charge < -0.3 is 14.6 Å². The largest absolute Gasteiger partial charge is 0.469 e. The molecule has 0 radical (unpaired) electrons. The monoisotopic (exact) mass is 282 g/mol. The van der Waals surface area contributed by atoms with Crippen molar-refractivity contribution < 1.29 is 9.21 Å². The van der Waals surface area contributed by atoms with Crippen LogP contribution < -0.4 is 10.2 Å². The maximum absolute atomic E-state index is 12.0. The summed E-state index contributed by atoms with van der Waals surface area (Å²) in [5.41, 5.74) is 2.87. The van der Waals surface area contributed by atoms with E-state index in [4.69, 9.17) is 4.42 Å². The van der Waals surface area contributed by atoms with E-state index in [0.717, 1.165) is 18.7 Å². The van der Waals surface area contributed by atoms with E-state index in [2.05, 4.69) is 34.5 Å². The van der Waals surface area contributed by atoms with Crippen LogP contribution >= 0.6 is 0 Å². The summed E-state index contributed by atoms with van der Waals surface area (Å²) in [6.45, 7) is 4.20. The molecule has 0 bridgehead atoms. The van der Waals surface area contributed by atoms with Crippen molar-refractivity contribution in [2.45, 2.75) is 13.5 Å². The van der Waals surface area contributed by atoms with Gasteiger partial charge in [-0.15, -0.1) is 0 Å². The standard InChI is InChI=1S/C17H18N2O2/c1-13-16(7-10-21-13)17(20)18-12-14-5-4-6-15(11-14)19-8-2-3-9-19/h2-7,10-11H,8-9,12H2,1H3,(H,18,20). The predicted molar refractivity (Wildman–Crippen MR) is 82.4 cm³/mol. The molecule has 0 fully saturated rings. The summed E-state index contributed by atoms with van der Waals surface area (Å²) in [6.07, 6.45) is 5.86. The first kappa shape index (κ1) is 13.5. The van der Waals surface area contributed by atoms with Gasteiger partial charge in [-0.1, -0.05) is 24.3 Å². The zero-order valence-corrected chi connectivity index (χ0v) is 12.0. The molecular weight excluding hydrogens is 264 g/mol. The number of rotatable bonds is 4. The van der Waals surface area contributed by atoms with Gasteiger partial charge in [-0.05, 0) is 30.7 Å². The van der Waals surface area contributed by atoms with Crippen molar-refractivity contribution in [3.8, 4) is 0 Å². The third-order valence-corrected chi connectivity index (χ3v) is 3.65. The van der Waals surface area contributed by atoms with Crippen LogP contribution in [0.1, 0.15) is 21.7 Å². The maximum atomic E-state index is 12.0. The lowest BCUT2D eigenvalue weighted by Gasteiger charge is -2.18. The Morgan fingerprint density at radius 1 is 1.29 bits per heavy atom. The molecule has 4 nitrogen and oxygen atoms in total.